The Labute approximate surface area is 173 Å². The molecule has 6 nitrogen and oxygen atoms in total. The first kappa shape index (κ1) is 20.6. The molecule has 1 atom stereocenters. The summed E-state index contributed by atoms with van der Waals surface area (Å²) in [4.78, 5) is 32.0. The molecule has 0 saturated carbocycles. The Balaban J connectivity index is 1.97. The van der Waals surface area contributed by atoms with Crippen LogP contribution in [0.4, 0.5) is 0 Å². The van der Waals surface area contributed by atoms with E-state index in [1.807, 2.05) is 48.5 Å². The third kappa shape index (κ3) is 4.84. The SMILES string of the molecule is C[C@@H](Sc1nc2ccccc2c(=O)n1Cc1ccccc1)C(=O)N(C)CCC#N. The summed E-state index contributed by atoms with van der Waals surface area (Å²) in [5, 5.41) is 9.36. The van der Waals surface area contributed by atoms with Gasteiger partial charge in [-0.1, -0.05) is 54.2 Å². The summed E-state index contributed by atoms with van der Waals surface area (Å²) >= 11 is 1.27. The van der Waals surface area contributed by atoms with Crippen LogP contribution < -0.4 is 5.56 Å². The number of aromatic nitrogens is 2. The summed E-state index contributed by atoms with van der Waals surface area (Å²) in [5.74, 6) is -0.0982. The Morgan fingerprint density at radius 3 is 2.62 bits per heavy atom. The van der Waals surface area contributed by atoms with E-state index in [4.69, 9.17) is 5.26 Å². The Bertz CT molecular complexity index is 1110. The van der Waals surface area contributed by atoms with Crippen LogP contribution >= 0.6 is 11.8 Å². The van der Waals surface area contributed by atoms with Gasteiger partial charge in [0.25, 0.3) is 5.56 Å². The summed E-state index contributed by atoms with van der Waals surface area (Å²) in [6, 6.07) is 19.0. The minimum atomic E-state index is -0.436. The van der Waals surface area contributed by atoms with E-state index in [0.717, 1.165) is 5.56 Å². The summed E-state index contributed by atoms with van der Waals surface area (Å²) in [6.45, 7) is 2.55. The molecule has 0 radical (unpaired) electrons. The van der Waals surface area contributed by atoms with Gasteiger partial charge in [-0.25, -0.2) is 4.98 Å². The molecule has 3 rings (SSSR count). The van der Waals surface area contributed by atoms with Crippen LogP contribution in [0.5, 0.6) is 0 Å². The first-order valence-electron chi connectivity index (χ1n) is 9.33. The molecule has 0 saturated heterocycles. The molecule has 0 bridgehead atoms. The standard InChI is InChI=1S/C22H22N4O2S/c1-16(20(27)25(2)14-8-13-23)29-22-24-19-12-7-6-11-18(19)21(28)26(22)15-17-9-4-3-5-10-17/h3-7,9-12,16H,8,14-15H2,1-2H3/t16-/m1/s1. The highest BCUT2D eigenvalue weighted by molar-refractivity contribution is 8.00. The Kier molecular flexibility index (Phi) is 6.68. The minimum Gasteiger partial charge on any atom is -0.344 e. The molecule has 148 valence electrons. The van der Waals surface area contributed by atoms with Crippen molar-refractivity contribution in [2.75, 3.05) is 13.6 Å². The molecule has 0 aliphatic carbocycles. The molecule has 1 heterocycles. The highest BCUT2D eigenvalue weighted by Gasteiger charge is 2.22. The first-order chi connectivity index (χ1) is 14.0. The van der Waals surface area contributed by atoms with Crippen LogP contribution in [0.15, 0.2) is 64.5 Å². The third-order valence-corrected chi connectivity index (χ3v) is 5.65. The molecule has 0 spiro atoms. The van der Waals surface area contributed by atoms with E-state index in [1.165, 1.54) is 11.8 Å². The van der Waals surface area contributed by atoms with Gasteiger partial charge in [0, 0.05) is 13.6 Å². The van der Waals surface area contributed by atoms with E-state index in [1.54, 1.807) is 35.6 Å². The van der Waals surface area contributed by atoms with Crippen molar-refractivity contribution in [2.45, 2.75) is 30.3 Å². The highest BCUT2D eigenvalue weighted by Crippen LogP contribution is 2.24. The smallest absolute Gasteiger partial charge is 0.262 e. The zero-order chi connectivity index (χ0) is 20.8. The molecule has 0 fully saturated rings. The van der Waals surface area contributed by atoms with Crippen LogP contribution in [0, 0.1) is 11.3 Å². The largest absolute Gasteiger partial charge is 0.344 e. The molecule has 3 aromatic rings. The van der Waals surface area contributed by atoms with Crippen molar-refractivity contribution in [1.82, 2.24) is 14.5 Å². The molecular formula is C22H22N4O2S. The van der Waals surface area contributed by atoms with Gasteiger partial charge in [0.2, 0.25) is 5.91 Å². The van der Waals surface area contributed by atoms with Crippen molar-refractivity contribution < 1.29 is 4.79 Å². The predicted molar refractivity (Wildman–Crippen MR) is 115 cm³/mol. The number of nitriles is 1. The van der Waals surface area contributed by atoms with E-state index >= 15 is 0 Å². The molecular weight excluding hydrogens is 384 g/mol. The highest BCUT2D eigenvalue weighted by atomic mass is 32.2. The number of amides is 1. The van der Waals surface area contributed by atoms with Crippen molar-refractivity contribution in [3.05, 3.63) is 70.5 Å². The quantitative estimate of drug-likeness (QED) is 0.444. The van der Waals surface area contributed by atoms with Crippen LogP contribution in [0.25, 0.3) is 10.9 Å². The molecule has 0 aliphatic heterocycles. The average Bonchev–Trinajstić information content (AvgIpc) is 2.74. The van der Waals surface area contributed by atoms with Crippen molar-refractivity contribution in [3.8, 4) is 6.07 Å². The molecule has 2 aromatic carbocycles. The summed E-state index contributed by atoms with van der Waals surface area (Å²) < 4.78 is 1.63. The molecule has 0 N–H and O–H groups in total. The maximum absolute atomic E-state index is 13.2. The normalized spacial score (nSPS) is 11.8. The fourth-order valence-corrected chi connectivity index (χ4v) is 4.01. The maximum atomic E-state index is 13.2. The number of hydrogen-bond acceptors (Lipinski definition) is 5. The van der Waals surface area contributed by atoms with Gasteiger partial charge < -0.3 is 4.90 Å². The van der Waals surface area contributed by atoms with Crippen molar-refractivity contribution >= 4 is 28.6 Å². The van der Waals surface area contributed by atoms with Crippen molar-refractivity contribution in [2.24, 2.45) is 0 Å². The second kappa shape index (κ2) is 9.39. The van der Waals surface area contributed by atoms with Crippen LogP contribution in [-0.4, -0.2) is 39.2 Å². The molecule has 0 unspecified atom stereocenters. The lowest BCUT2D eigenvalue weighted by molar-refractivity contribution is -0.128. The molecule has 1 aromatic heterocycles. The number of carbonyl (C=O) groups excluding carboxylic acids is 1. The number of carbonyl (C=O) groups is 1. The van der Waals surface area contributed by atoms with Gasteiger partial charge in [0.05, 0.1) is 35.2 Å². The van der Waals surface area contributed by atoms with Gasteiger partial charge in [-0.3, -0.25) is 14.2 Å². The van der Waals surface area contributed by atoms with E-state index < -0.39 is 5.25 Å². The van der Waals surface area contributed by atoms with Gasteiger partial charge >= 0.3 is 0 Å². The van der Waals surface area contributed by atoms with Gasteiger partial charge in [-0.2, -0.15) is 5.26 Å². The fourth-order valence-electron chi connectivity index (χ4n) is 2.99. The van der Waals surface area contributed by atoms with Gasteiger partial charge in [0.1, 0.15) is 0 Å². The van der Waals surface area contributed by atoms with Crippen LogP contribution in [0.2, 0.25) is 0 Å². The van der Waals surface area contributed by atoms with Crippen molar-refractivity contribution in [3.63, 3.8) is 0 Å². The monoisotopic (exact) mass is 406 g/mol. The van der Waals surface area contributed by atoms with E-state index in [2.05, 4.69) is 4.98 Å². The average molecular weight is 407 g/mol. The summed E-state index contributed by atoms with van der Waals surface area (Å²) in [6.07, 6.45) is 0.284. The molecule has 0 aliphatic rings. The maximum Gasteiger partial charge on any atom is 0.262 e. The Hall–Kier alpha value is -3.11. The van der Waals surface area contributed by atoms with E-state index in [-0.39, 0.29) is 17.9 Å². The zero-order valence-electron chi connectivity index (χ0n) is 16.4. The lowest BCUT2D eigenvalue weighted by Crippen LogP contribution is -2.34. The summed E-state index contributed by atoms with van der Waals surface area (Å²) in [7, 11) is 1.68. The Morgan fingerprint density at radius 1 is 1.21 bits per heavy atom. The Morgan fingerprint density at radius 2 is 1.90 bits per heavy atom. The third-order valence-electron chi connectivity index (χ3n) is 4.58. The van der Waals surface area contributed by atoms with E-state index in [9.17, 15) is 9.59 Å². The van der Waals surface area contributed by atoms with Crippen LogP contribution in [0.3, 0.4) is 0 Å². The van der Waals surface area contributed by atoms with Gasteiger partial charge in [-0.05, 0) is 24.6 Å². The van der Waals surface area contributed by atoms with Gasteiger partial charge in [0.15, 0.2) is 5.16 Å². The number of para-hydroxylation sites is 1. The lowest BCUT2D eigenvalue weighted by Gasteiger charge is -2.21. The number of nitrogens with zero attached hydrogens (tertiary/aromatic N) is 4. The van der Waals surface area contributed by atoms with E-state index in [0.29, 0.717) is 29.1 Å². The van der Waals surface area contributed by atoms with Crippen LogP contribution in [0.1, 0.15) is 18.9 Å². The predicted octanol–water partition coefficient (Wildman–Crippen LogP) is 3.30. The lowest BCUT2D eigenvalue weighted by atomic mass is 10.2. The van der Waals surface area contributed by atoms with Crippen LogP contribution in [-0.2, 0) is 11.3 Å². The number of fused-ring (bicyclic) bond motifs is 1. The molecule has 29 heavy (non-hydrogen) atoms. The number of thioether (sulfide) groups is 1. The second-order valence-electron chi connectivity index (χ2n) is 6.72. The number of hydrogen-bond donors (Lipinski definition) is 0. The van der Waals surface area contributed by atoms with Gasteiger partial charge in [-0.15, -0.1) is 0 Å². The molecule has 7 heteroatoms. The topological polar surface area (TPSA) is 79.0 Å². The summed E-state index contributed by atoms with van der Waals surface area (Å²) in [5.41, 5.74) is 1.47. The fraction of sp³-hybridized carbons (Fsp3) is 0.273. The second-order valence-corrected chi connectivity index (χ2v) is 8.02. The number of rotatable bonds is 7. The molecule has 1 amide bonds. The van der Waals surface area contributed by atoms with Crippen molar-refractivity contribution in [1.29, 1.82) is 5.26 Å². The number of benzene rings is 2. The zero-order valence-corrected chi connectivity index (χ0v) is 17.2. The first-order valence-corrected chi connectivity index (χ1v) is 10.2. The minimum absolute atomic E-state index is 0.0982.